The first kappa shape index (κ1) is 14.2. The molecule has 1 aromatic carbocycles. The second-order valence-electron chi connectivity index (χ2n) is 4.71. The minimum Gasteiger partial charge on any atom is -0.329 e. The second kappa shape index (κ2) is 6.78. The van der Waals surface area contributed by atoms with E-state index >= 15 is 0 Å². The van der Waals surface area contributed by atoms with Crippen LogP contribution in [-0.2, 0) is 13.6 Å². The van der Waals surface area contributed by atoms with E-state index in [-0.39, 0.29) is 0 Å². The van der Waals surface area contributed by atoms with Gasteiger partial charge in [-0.05, 0) is 31.5 Å². The summed E-state index contributed by atoms with van der Waals surface area (Å²) >= 11 is 1.73. The molecule has 0 aliphatic rings. The number of nitrogens with zero attached hydrogens (tertiary/aromatic N) is 2. The van der Waals surface area contributed by atoms with E-state index in [1.807, 2.05) is 24.0 Å². The number of nitrogens with one attached hydrogen (secondary N) is 1. The van der Waals surface area contributed by atoms with Crippen LogP contribution in [0, 0.1) is 6.92 Å². The molecule has 0 atom stereocenters. The summed E-state index contributed by atoms with van der Waals surface area (Å²) < 4.78 is 2.05. The molecule has 0 spiro atoms. The Bertz CT molecular complexity index is 534. The Labute approximate surface area is 119 Å². The highest BCUT2D eigenvalue weighted by molar-refractivity contribution is 7.99. The maximum atomic E-state index is 4.38. The lowest BCUT2D eigenvalue weighted by Crippen LogP contribution is -2.14. The third-order valence-corrected chi connectivity index (χ3v) is 4.13. The van der Waals surface area contributed by atoms with Crippen molar-refractivity contribution in [1.29, 1.82) is 0 Å². The Morgan fingerprint density at radius 1 is 1.37 bits per heavy atom. The van der Waals surface area contributed by atoms with E-state index in [0.29, 0.717) is 0 Å². The molecule has 0 aliphatic carbocycles. The fourth-order valence-electron chi connectivity index (χ4n) is 1.89. The summed E-state index contributed by atoms with van der Waals surface area (Å²) in [7, 11) is 2.03. The summed E-state index contributed by atoms with van der Waals surface area (Å²) in [4.78, 5) is 5.66. The van der Waals surface area contributed by atoms with Crippen LogP contribution in [0.3, 0.4) is 0 Å². The standard InChI is InChI=1S/C15H21N3S/c1-4-7-16-11-13-10-12(2)5-6-14(13)19-15-17-8-9-18(15)3/h5-6,8-10,16H,4,7,11H2,1-3H3. The SMILES string of the molecule is CCCNCc1cc(C)ccc1Sc1nccn1C. The lowest BCUT2D eigenvalue weighted by atomic mass is 10.1. The first-order valence-corrected chi connectivity index (χ1v) is 7.47. The van der Waals surface area contributed by atoms with Gasteiger partial charge in [0.15, 0.2) is 5.16 Å². The van der Waals surface area contributed by atoms with Crippen LogP contribution in [-0.4, -0.2) is 16.1 Å². The largest absolute Gasteiger partial charge is 0.329 e. The van der Waals surface area contributed by atoms with Crippen LogP contribution in [0.2, 0.25) is 0 Å². The minimum atomic E-state index is 0.919. The van der Waals surface area contributed by atoms with Crippen molar-refractivity contribution in [1.82, 2.24) is 14.9 Å². The zero-order chi connectivity index (χ0) is 13.7. The van der Waals surface area contributed by atoms with Gasteiger partial charge in [-0.1, -0.05) is 36.4 Å². The van der Waals surface area contributed by atoms with E-state index in [1.165, 1.54) is 16.0 Å². The van der Waals surface area contributed by atoms with Gasteiger partial charge < -0.3 is 9.88 Å². The maximum Gasteiger partial charge on any atom is 0.172 e. The van der Waals surface area contributed by atoms with E-state index < -0.39 is 0 Å². The molecule has 2 aromatic rings. The molecule has 4 heteroatoms. The Hall–Kier alpha value is -1.26. The van der Waals surface area contributed by atoms with Gasteiger partial charge in [0.05, 0.1) is 0 Å². The Kier molecular flexibility index (Phi) is 5.05. The third-order valence-electron chi connectivity index (χ3n) is 2.94. The average Bonchev–Trinajstić information content (AvgIpc) is 2.78. The molecule has 0 fully saturated rings. The highest BCUT2D eigenvalue weighted by Crippen LogP contribution is 2.29. The van der Waals surface area contributed by atoms with Gasteiger partial charge in [-0.2, -0.15) is 0 Å². The maximum absolute atomic E-state index is 4.38. The zero-order valence-electron chi connectivity index (χ0n) is 11.8. The highest BCUT2D eigenvalue weighted by atomic mass is 32.2. The fraction of sp³-hybridized carbons (Fsp3) is 0.400. The number of hydrogen-bond acceptors (Lipinski definition) is 3. The average molecular weight is 275 g/mol. The topological polar surface area (TPSA) is 29.9 Å². The molecule has 0 bridgehead atoms. The van der Waals surface area contributed by atoms with Gasteiger partial charge in [-0.15, -0.1) is 0 Å². The van der Waals surface area contributed by atoms with Crippen LogP contribution in [0.4, 0.5) is 0 Å². The van der Waals surface area contributed by atoms with Gasteiger partial charge in [0.1, 0.15) is 0 Å². The molecule has 102 valence electrons. The Balaban J connectivity index is 2.16. The van der Waals surface area contributed by atoms with Gasteiger partial charge in [0.25, 0.3) is 0 Å². The smallest absolute Gasteiger partial charge is 0.172 e. The van der Waals surface area contributed by atoms with Gasteiger partial charge >= 0.3 is 0 Å². The monoisotopic (exact) mass is 275 g/mol. The minimum absolute atomic E-state index is 0.919. The summed E-state index contributed by atoms with van der Waals surface area (Å²) in [6, 6.07) is 6.61. The third kappa shape index (κ3) is 3.85. The Morgan fingerprint density at radius 2 is 2.21 bits per heavy atom. The van der Waals surface area contributed by atoms with Crippen molar-refractivity contribution in [3.05, 3.63) is 41.7 Å². The molecule has 2 rings (SSSR count). The lowest BCUT2D eigenvalue weighted by molar-refractivity contribution is 0.668. The van der Waals surface area contributed by atoms with E-state index in [4.69, 9.17) is 0 Å². The van der Waals surface area contributed by atoms with Crippen LogP contribution in [0.5, 0.6) is 0 Å². The summed E-state index contributed by atoms with van der Waals surface area (Å²) in [5, 5.41) is 4.50. The first-order chi connectivity index (χ1) is 9.20. The van der Waals surface area contributed by atoms with Crippen molar-refractivity contribution in [2.75, 3.05) is 6.54 Å². The predicted molar refractivity (Wildman–Crippen MR) is 80.5 cm³/mol. The fourth-order valence-corrected chi connectivity index (χ4v) is 2.81. The number of benzene rings is 1. The van der Waals surface area contributed by atoms with Crippen molar-refractivity contribution in [3.8, 4) is 0 Å². The van der Waals surface area contributed by atoms with Crippen molar-refractivity contribution < 1.29 is 0 Å². The van der Waals surface area contributed by atoms with Crippen LogP contribution in [0.15, 0.2) is 40.6 Å². The van der Waals surface area contributed by atoms with Crippen molar-refractivity contribution >= 4 is 11.8 Å². The number of hydrogen-bond donors (Lipinski definition) is 1. The summed E-state index contributed by atoms with van der Waals surface area (Å²) in [6.07, 6.45) is 4.98. The van der Waals surface area contributed by atoms with Crippen LogP contribution < -0.4 is 5.32 Å². The Morgan fingerprint density at radius 3 is 2.89 bits per heavy atom. The second-order valence-corrected chi connectivity index (χ2v) is 5.72. The van der Waals surface area contributed by atoms with Gasteiger partial charge in [0.2, 0.25) is 0 Å². The van der Waals surface area contributed by atoms with Crippen LogP contribution in [0.25, 0.3) is 0 Å². The number of aryl methyl sites for hydroxylation is 2. The molecule has 1 N–H and O–H groups in total. The molecule has 0 saturated carbocycles. The van der Waals surface area contributed by atoms with E-state index in [2.05, 4.69) is 42.3 Å². The molecule has 3 nitrogen and oxygen atoms in total. The van der Waals surface area contributed by atoms with Crippen LogP contribution >= 0.6 is 11.8 Å². The summed E-state index contributed by atoms with van der Waals surface area (Å²) in [5.74, 6) is 0. The molecule has 0 amide bonds. The molecule has 1 heterocycles. The molecule has 0 saturated heterocycles. The number of aromatic nitrogens is 2. The quantitative estimate of drug-likeness (QED) is 0.820. The first-order valence-electron chi connectivity index (χ1n) is 6.66. The highest BCUT2D eigenvalue weighted by Gasteiger charge is 2.07. The lowest BCUT2D eigenvalue weighted by Gasteiger charge is -2.11. The molecule has 0 radical (unpaired) electrons. The van der Waals surface area contributed by atoms with E-state index in [1.54, 1.807) is 11.8 Å². The molecular formula is C15H21N3S. The van der Waals surface area contributed by atoms with Gasteiger partial charge in [0, 0.05) is 30.9 Å². The van der Waals surface area contributed by atoms with Crippen molar-refractivity contribution in [2.45, 2.75) is 36.9 Å². The zero-order valence-corrected chi connectivity index (χ0v) is 12.6. The number of rotatable bonds is 6. The van der Waals surface area contributed by atoms with E-state index in [0.717, 1.165) is 24.7 Å². The summed E-state index contributed by atoms with van der Waals surface area (Å²) in [5.41, 5.74) is 2.65. The van der Waals surface area contributed by atoms with Gasteiger partial charge in [-0.3, -0.25) is 0 Å². The molecule has 19 heavy (non-hydrogen) atoms. The predicted octanol–water partition coefficient (Wildman–Crippen LogP) is 3.38. The van der Waals surface area contributed by atoms with Crippen molar-refractivity contribution in [3.63, 3.8) is 0 Å². The molecular weight excluding hydrogens is 254 g/mol. The summed E-state index contributed by atoms with van der Waals surface area (Å²) in [6.45, 7) is 6.30. The number of imidazole rings is 1. The molecule has 1 aromatic heterocycles. The van der Waals surface area contributed by atoms with Crippen molar-refractivity contribution in [2.24, 2.45) is 7.05 Å². The normalized spacial score (nSPS) is 10.9. The van der Waals surface area contributed by atoms with Crippen LogP contribution in [0.1, 0.15) is 24.5 Å². The molecule has 0 unspecified atom stereocenters. The van der Waals surface area contributed by atoms with Gasteiger partial charge in [-0.25, -0.2) is 4.98 Å². The molecule has 0 aliphatic heterocycles. The van der Waals surface area contributed by atoms with E-state index in [9.17, 15) is 0 Å².